The number of hydrogen-bond donors (Lipinski definition) is 1. The first-order chi connectivity index (χ1) is 13.5. The highest BCUT2D eigenvalue weighted by Gasteiger charge is 2.22. The summed E-state index contributed by atoms with van der Waals surface area (Å²) in [6, 6.07) is 13.9. The highest BCUT2D eigenvalue weighted by molar-refractivity contribution is 5.90. The van der Waals surface area contributed by atoms with Gasteiger partial charge >= 0.3 is 11.9 Å². The lowest BCUT2D eigenvalue weighted by Crippen LogP contribution is -2.44. The molecule has 146 valence electrons. The maximum Gasteiger partial charge on any atom is 0.331 e. The molecule has 0 unspecified atom stereocenters. The van der Waals surface area contributed by atoms with Crippen LogP contribution in [0.1, 0.15) is 11.1 Å². The molecule has 0 fully saturated rings. The predicted octanol–water partition coefficient (Wildman–Crippen LogP) is 2.28. The van der Waals surface area contributed by atoms with Crippen LogP contribution in [0.3, 0.4) is 0 Å². The summed E-state index contributed by atoms with van der Waals surface area (Å²) < 4.78 is 22.6. The van der Waals surface area contributed by atoms with Crippen LogP contribution in [0.25, 0.3) is 6.08 Å². The van der Waals surface area contributed by atoms with E-state index in [1.165, 1.54) is 31.4 Å². The van der Waals surface area contributed by atoms with Gasteiger partial charge in [0, 0.05) is 12.5 Å². The summed E-state index contributed by atoms with van der Waals surface area (Å²) in [5.74, 6) is -2.44. The SMILES string of the molecule is COC(=O)[C@H](Cc1ccccc1)NC(=O)COC(=O)/C=C/c1cccc(F)c1. The van der Waals surface area contributed by atoms with Gasteiger partial charge in [-0.05, 0) is 29.3 Å². The lowest BCUT2D eigenvalue weighted by atomic mass is 10.1. The Kier molecular flexibility index (Phi) is 7.90. The monoisotopic (exact) mass is 385 g/mol. The second kappa shape index (κ2) is 10.6. The molecule has 0 aliphatic heterocycles. The fraction of sp³-hybridized carbons (Fsp3) is 0.190. The van der Waals surface area contributed by atoms with Gasteiger partial charge < -0.3 is 14.8 Å². The number of carbonyl (C=O) groups is 3. The Labute approximate surface area is 162 Å². The first-order valence-electron chi connectivity index (χ1n) is 8.49. The highest BCUT2D eigenvalue weighted by Crippen LogP contribution is 2.06. The molecule has 2 rings (SSSR count). The van der Waals surface area contributed by atoms with E-state index in [0.29, 0.717) is 5.56 Å². The van der Waals surface area contributed by atoms with Crippen LogP contribution in [0.4, 0.5) is 4.39 Å². The number of methoxy groups -OCH3 is 1. The molecule has 0 spiro atoms. The third-order valence-electron chi connectivity index (χ3n) is 3.71. The number of halogens is 1. The minimum atomic E-state index is -0.901. The minimum Gasteiger partial charge on any atom is -0.467 e. The van der Waals surface area contributed by atoms with Crippen molar-refractivity contribution >= 4 is 23.9 Å². The van der Waals surface area contributed by atoms with E-state index >= 15 is 0 Å². The van der Waals surface area contributed by atoms with Gasteiger partial charge in [0.15, 0.2) is 6.61 Å². The maximum atomic E-state index is 13.1. The van der Waals surface area contributed by atoms with E-state index in [2.05, 4.69) is 5.32 Å². The van der Waals surface area contributed by atoms with Gasteiger partial charge in [-0.3, -0.25) is 4.79 Å². The van der Waals surface area contributed by atoms with Crippen molar-refractivity contribution in [2.24, 2.45) is 0 Å². The lowest BCUT2D eigenvalue weighted by Gasteiger charge is -2.16. The molecule has 0 aliphatic carbocycles. The largest absolute Gasteiger partial charge is 0.467 e. The lowest BCUT2D eigenvalue weighted by molar-refractivity contribution is -0.147. The Morgan fingerprint density at radius 3 is 2.54 bits per heavy atom. The van der Waals surface area contributed by atoms with E-state index in [-0.39, 0.29) is 6.42 Å². The molecule has 0 saturated heterocycles. The zero-order valence-electron chi connectivity index (χ0n) is 15.3. The van der Waals surface area contributed by atoms with E-state index in [9.17, 15) is 18.8 Å². The molecule has 0 heterocycles. The van der Waals surface area contributed by atoms with Crippen molar-refractivity contribution in [3.05, 3.63) is 77.6 Å². The molecule has 0 bridgehead atoms. The van der Waals surface area contributed by atoms with Crippen LogP contribution in [-0.4, -0.2) is 37.6 Å². The molecule has 0 saturated carbocycles. The van der Waals surface area contributed by atoms with E-state index in [4.69, 9.17) is 9.47 Å². The Morgan fingerprint density at radius 1 is 1.11 bits per heavy atom. The van der Waals surface area contributed by atoms with Crippen LogP contribution in [0.15, 0.2) is 60.7 Å². The van der Waals surface area contributed by atoms with E-state index in [0.717, 1.165) is 11.6 Å². The van der Waals surface area contributed by atoms with Crippen molar-refractivity contribution in [1.82, 2.24) is 5.32 Å². The number of rotatable bonds is 8. The van der Waals surface area contributed by atoms with Gasteiger partial charge in [0.2, 0.25) is 0 Å². The molecule has 6 nitrogen and oxygen atoms in total. The molecular formula is C21H20FNO5. The van der Waals surface area contributed by atoms with Crippen molar-refractivity contribution in [2.75, 3.05) is 13.7 Å². The van der Waals surface area contributed by atoms with E-state index in [1.807, 2.05) is 30.3 Å². The third-order valence-corrected chi connectivity index (χ3v) is 3.71. The molecule has 1 atom stereocenters. The summed E-state index contributed by atoms with van der Waals surface area (Å²) in [4.78, 5) is 35.6. The molecular weight excluding hydrogens is 365 g/mol. The highest BCUT2D eigenvalue weighted by atomic mass is 19.1. The van der Waals surface area contributed by atoms with Gasteiger partial charge in [-0.2, -0.15) is 0 Å². The average molecular weight is 385 g/mol. The van der Waals surface area contributed by atoms with Crippen LogP contribution >= 0.6 is 0 Å². The zero-order valence-corrected chi connectivity index (χ0v) is 15.3. The van der Waals surface area contributed by atoms with E-state index < -0.39 is 36.3 Å². The Morgan fingerprint density at radius 2 is 1.86 bits per heavy atom. The number of amides is 1. The minimum absolute atomic E-state index is 0.243. The summed E-state index contributed by atoms with van der Waals surface area (Å²) >= 11 is 0. The van der Waals surface area contributed by atoms with Gasteiger partial charge in [-0.1, -0.05) is 42.5 Å². The van der Waals surface area contributed by atoms with Gasteiger partial charge in [0.25, 0.3) is 5.91 Å². The molecule has 0 aliphatic rings. The van der Waals surface area contributed by atoms with Crippen LogP contribution in [-0.2, 0) is 30.3 Å². The molecule has 1 N–H and O–H groups in total. The number of esters is 2. The molecule has 28 heavy (non-hydrogen) atoms. The van der Waals surface area contributed by atoms with Gasteiger partial charge in [0.1, 0.15) is 11.9 Å². The topological polar surface area (TPSA) is 81.7 Å². The van der Waals surface area contributed by atoms with Crippen LogP contribution in [0, 0.1) is 5.82 Å². The van der Waals surface area contributed by atoms with Crippen LogP contribution in [0.2, 0.25) is 0 Å². The predicted molar refractivity (Wildman–Crippen MR) is 100 cm³/mol. The normalized spacial score (nSPS) is 11.6. The summed E-state index contributed by atoms with van der Waals surface area (Å²) in [6.07, 6.45) is 2.70. The fourth-order valence-corrected chi connectivity index (χ4v) is 2.38. The van der Waals surface area contributed by atoms with Crippen molar-refractivity contribution in [2.45, 2.75) is 12.5 Å². The molecule has 0 aromatic heterocycles. The fourth-order valence-electron chi connectivity index (χ4n) is 2.38. The van der Waals surface area contributed by atoms with Crippen molar-refractivity contribution in [3.63, 3.8) is 0 Å². The Balaban J connectivity index is 1.86. The van der Waals surface area contributed by atoms with Crippen LogP contribution < -0.4 is 5.32 Å². The smallest absolute Gasteiger partial charge is 0.331 e. The Bertz CT molecular complexity index is 851. The summed E-state index contributed by atoms with van der Waals surface area (Å²) in [6.45, 7) is -0.561. The standard InChI is InChI=1S/C21H20FNO5/c1-27-21(26)18(13-15-6-3-2-4-7-15)23-19(24)14-28-20(25)11-10-16-8-5-9-17(22)12-16/h2-12,18H,13-14H2,1H3,(H,23,24)/b11-10+/t18-/m0/s1. The first kappa shape index (κ1) is 20.8. The number of carbonyl (C=O) groups excluding carboxylic acids is 3. The third kappa shape index (κ3) is 7.03. The quantitative estimate of drug-likeness (QED) is 0.557. The van der Waals surface area contributed by atoms with Gasteiger partial charge in [-0.15, -0.1) is 0 Å². The van der Waals surface area contributed by atoms with Crippen molar-refractivity contribution in [1.29, 1.82) is 0 Å². The van der Waals surface area contributed by atoms with E-state index in [1.54, 1.807) is 6.07 Å². The second-order valence-electron chi connectivity index (χ2n) is 5.83. The molecule has 7 heteroatoms. The molecule has 0 radical (unpaired) electrons. The number of ether oxygens (including phenoxy) is 2. The summed E-state index contributed by atoms with van der Waals surface area (Å²) in [7, 11) is 1.23. The average Bonchev–Trinajstić information content (AvgIpc) is 2.70. The first-order valence-corrected chi connectivity index (χ1v) is 8.49. The maximum absolute atomic E-state index is 13.1. The van der Waals surface area contributed by atoms with Gasteiger partial charge in [0.05, 0.1) is 7.11 Å². The van der Waals surface area contributed by atoms with Gasteiger partial charge in [-0.25, -0.2) is 14.0 Å². The molecule has 1 amide bonds. The molecule has 2 aromatic carbocycles. The van der Waals surface area contributed by atoms with Crippen molar-refractivity contribution in [3.8, 4) is 0 Å². The van der Waals surface area contributed by atoms with Crippen LogP contribution in [0.5, 0.6) is 0 Å². The Hall–Kier alpha value is -3.48. The molecule has 2 aromatic rings. The number of hydrogen-bond acceptors (Lipinski definition) is 5. The zero-order chi connectivity index (χ0) is 20.4. The number of nitrogens with one attached hydrogen (secondary N) is 1. The summed E-state index contributed by atoms with van der Waals surface area (Å²) in [5.41, 5.74) is 1.32. The summed E-state index contributed by atoms with van der Waals surface area (Å²) in [5, 5.41) is 2.49. The second-order valence-corrected chi connectivity index (χ2v) is 5.83. The number of benzene rings is 2. The van der Waals surface area contributed by atoms with Crippen molar-refractivity contribution < 1.29 is 28.2 Å².